The van der Waals surface area contributed by atoms with Crippen LogP contribution in [0.15, 0.2) is 48.5 Å². The molecule has 1 aliphatic carbocycles. The molecular weight excluding hydrogens is 342 g/mol. The van der Waals surface area contributed by atoms with E-state index in [0.29, 0.717) is 18.9 Å². The number of anilines is 1. The number of tetrazole rings is 1. The number of methoxy groups -OCH3 is 1. The number of ether oxygens (including phenoxy) is 1. The molecule has 1 fully saturated rings. The second-order valence-electron chi connectivity index (χ2n) is 6.66. The van der Waals surface area contributed by atoms with Gasteiger partial charge in [-0.15, -0.1) is 5.10 Å². The molecule has 7 heteroatoms. The number of hydrogen-bond donors (Lipinski definition) is 1. The summed E-state index contributed by atoms with van der Waals surface area (Å²) in [5.74, 6) is 1.51. The Balaban J connectivity index is 1.40. The van der Waals surface area contributed by atoms with E-state index in [1.165, 1.54) is 0 Å². The van der Waals surface area contributed by atoms with Crippen LogP contribution in [-0.4, -0.2) is 33.2 Å². The van der Waals surface area contributed by atoms with Crippen LogP contribution in [0.4, 0.5) is 5.69 Å². The average molecular weight is 363 g/mol. The van der Waals surface area contributed by atoms with E-state index in [1.54, 1.807) is 7.11 Å². The molecule has 1 aliphatic rings. The molecule has 7 nitrogen and oxygen atoms in total. The van der Waals surface area contributed by atoms with Gasteiger partial charge in [0.15, 0.2) is 5.82 Å². The Morgan fingerprint density at radius 2 is 2.07 bits per heavy atom. The van der Waals surface area contributed by atoms with Gasteiger partial charge in [0, 0.05) is 17.7 Å². The normalized spacial score (nSPS) is 13.4. The minimum Gasteiger partial charge on any atom is -0.497 e. The minimum atomic E-state index is -0.0308. The zero-order valence-electron chi connectivity index (χ0n) is 15.1. The van der Waals surface area contributed by atoms with Crippen LogP contribution in [0.5, 0.6) is 5.75 Å². The van der Waals surface area contributed by atoms with Crippen LogP contribution in [0.3, 0.4) is 0 Å². The summed E-state index contributed by atoms with van der Waals surface area (Å²) in [6.07, 6.45) is 3.28. The Kier molecular flexibility index (Phi) is 4.82. The zero-order chi connectivity index (χ0) is 18.6. The molecule has 2 aromatic carbocycles. The number of amides is 1. The molecule has 0 spiro atoms. The van der Waals surface area contributed by atoms with Crippen LogP contribution < -0.4 is 10.1 Å². The van der Waals surface area contributed by atoms with Crippen LogP contribution in [0, 0.1) is 0 Å². The summed E-state index contributed by atoms with van der Waals surface area (Å²) < 4.78 is 7.08. The van der Waals surface area contributed by atoms with E-state index in [0.717, 1.165) is 41.2 Å². The van der Waals surface area contributed by atoms with Gasteiger partial charge in [-0.1, -0.05) is 24.3 Å². The highest BCUT2D eigenvalue weighted by atomic mass is 16.5. The van der Waals surface area contributed by atoms with Gasteiger partial charge in [0.25, 0.3) is 0 Å². The average Bonchev–Trinajstić information content (AvgIpc) is 3.43. The van der Waals surface area contributed by atoms with Gasteiger partial charge in [-0.2, -0.15) is 0 Å². The van der Waals surface area contributed by atoms with Crippen molar-refractivity contribution in [3.63, 3.8) is 0 Å². The molecule has 0 atom stereocenters. The maximum atomic E-state index is 12.3. The van der Waals surface area contributed by atoms with Gasteiger partial charge in [-0.3, -0.25) is 4.79 Å². The Bertz CT molecular complexity index is 949. The topological polar surface area (TPSA) is 81.9 Å². The van der Waals surface area contributed by atoms with Gasteiger partial charge >= 0.3 is 0 Å². The molecule has 0 aliphatic heterocycles. The summed E-state index contributed by atoms with van der Waals surface area (Å²) in [6, 6.07) is 15.8. The molecule has 1 saturated carbocycles. The van der Waals surface area contributed by atoms with Crippen LogP contribution in [0.2, 0.25) is 0 Å². The number of rotatable bonds is 7. The van der Waals surface area contributed by atoms with Crippen LogP contribution in [-0.2, 0) is 11.2 Å². The molecule has 1 aromatic heterocycles. The largest absolute Gasteiger partial charge is 0.497 e. The Hall–Kier alpha value is -3.22. The maximum Gasteiger partial charge on any atom is 0.224 e. The molecule has 3 aromatic rings. The van der Waals surface area contributed by atoms with E-state index in [-0.39, 0.29) is 5.91 Å². The lowest BCUT2D eigenvalue weighted by molar-refractivity contribution is -0.116. The van der Waals surface area contributed by atoms with Crippen LogP contribution in [0.1, 0.15) is 30.9 Å². The van der Waals surface area contributed by atoms with E-state index >= 15 is 0 Å². The van der Waals surface area contributed by atoms with Crippen molar-refractivity contribution in [1.82, 2.24) is 20.2 Å². The number of carbonyl (C=O) groups excluding carboxylic acids is 1. The molecule has 138 valence electrons. The number of nitrogens with one attached hydrogen (secondary N) is 1. The van der Waals surface area contributed by atoms with Gasteiger partial charge in [0.1, 0.15) is 5.75 Å². The van der Waals surface area contributed by atoms with E-state index < -0.39 is 0 Å². The highest BCUT2D eigenvalue weighted by molar-refractivity contribution is 5.91. The first-order valence-electron chi connectivity index (χ1n) is 9.04. The highest BCUT2D eigenvalue weighted by Crippen LogP contribution is 2.36. The lowest BCUT2D eigenvalue weighted by atomic mass is 10.1. The van der Waals surface area contributed by atoms with Gasteiger partial charge in [-0.25, -0.2) is 4.68 Å². The quantitative estimate of drug-likeness (QED) is 0.697. The standard InChI is InChI=1S/C20H21N5O2/c1-27-18-7-2-4-14(12-18)8-11-19(26)21-16-6-3-5-15(13-16)20-22-23-24-25(20)17-9-10-17/h2-7,12-13,17H,8-11H2,1H3,(H,21,26). The van der Waals surface area contributed by atoms with Crippen LogP contribution in [0.25, 0.3) is 11.4 Å². The summed E-state index contributed by atoms with van der Waals surface area (Å²) in [4.78, 5) is 12.3. The number of benzene rings is 2. The monoisotopic (exact) mass is 363 g/mol. The summed E-state index contributed by atoms with van der Waals surface area (Å²) in [7, 11) is 1.64. The fourth-order valence-electron chi connectivity index (χ4n) is 2.99. The SMILES string of the molecule is COc1cccc(CCC(=O)Nc2cccc(-c3nnnn3C3CC3)c2)c1. The molecule has 1 amide bonds. The highest BCUT2D eigenvalue weighted by Gasteiger charge is 2.28. The Morgan fingerprint density at radius 3 is 2.89 bits per heavy atom. The van der Waals surface area contributed by atoms with Crippen molar-refractivity contribution < 1.29 is 9.53 Å². The van der Waals surface area contributed by atoms with Crippen molar-refractivity contribution in [3.05, 3.63) is 54.1 Å². The van der Waals surface area contributed by atoms with Crippen molar-refractivity contribution in [2.24, 2.45) is 0 Å². The van der Waals surface area contributed by atoms with Gasteiger partial charge in [0.2, 0.25) is 5.91 Å². The molecule has 1 heterocycles. The molecular formula is C20H21N5O2. The first kappa shape index (κ1) is 17.2. The smallest absolute Gasteiger partial charge is 0.224 e. The third-order valence-corrected chi connectivity index (χ3v) is 4.56. The first-order valence-corrected chi connectivity index (χ1v) is 9.04. The van der Waals surface area contributed by atoms with Gasteiger partial charge < -0.3 is 10.1 Å². The van der Waals surface area contributed by atoms with E-state index in [9.17, 15) is 4.79 Å². The fraction of sp³-hybridized carbons (Fsp3) is 0.300. The molecule has 4 rings (SSSR count). The van der Waals surface area contributed by atoms with Crippen molar-refractivity contribution in [1.29, 1.82) is 0 Å². The van der Waals surface area contributed by atoms with Crippen molar-refractivity contribution in [2.75, 3.05) is 12.4 Å². The third kappa shape index (κ3) is 4.13. The zero-order valence-corrected chi connectivity index (χ0v) is 15.1. The number of aryl methyl sites for hydroxylation is 1. The summed E-state index contributed by atoms with van der Waals surface area (Å²) >= 11 is 0. The third-order valence-electron chi connectivity index (χ3n) is 4.56. The maximum absolute atomic E-state index is 12.3. The number of nitrogens with zero attached hydrogens (tertiary/aromatic N) is 4. The molecule has 0 bridgehead atoms. The van der Waals surface area contributed by atoms with Gasteiger partial charge in [0.05, 0.1) is 13.2 Å². The number of carbonyl (C=O) groups is 1. The van der Waals surface area contributed by atoms with E-state index in [4.69, 9.17) is 4.74 Å². The van der Waals surface area contributed by atoms with Crippen molar-refractivity contribution >= 4 is 11.6 Å². The van der Waals surface area contributed by atoms with Crippen molar-refractivity contribution in [3.8, 4) is 17.1 Å². The Morgan fingerprint density at radius 1 is 1.22 bits per heavy atom. The van der Waals surface area contributed by atoms with E-state index in [1.807, 2.05) is 53.2 Å². The first-order chi connectivity index (χ1) is 13.2. The van der Waals surface area contributed by atoms with Crippen molar-refractivity contribution in [2.45, 2.75) is 31.7 Å². The predicted molar refractivity (Wildman–Crippen MR) is 101 cm³/mol. The summed E-state index contributed by atoms with van der Waals surface area (Å²) in [5.41, 5.74) is 2.72. The lowest BCUT2D eigenvalue weighted by Gasteiger charge is -2.08. The Labute approximate surface area is 157 Å². The molecule has 0 unspecified atom stereocenters. The van der Waals surface area contributed by atoms with Crippen LogP contribution >= 0.6 is 0 Å². The molecule has 0 saturated heterocycles. The van der Waals surface area contributed by atoms with Gasteiger partial charge in [-0.05, 0) is 59.5 Å². The molecule has 27 heavy (non-hydrogen) atoms. The summed E-state index contributed by atoms with van der Waals surface area (Å²) in [5, 5.41) is 15.0. The predicted octanol–water partition coefficient (Wildman–Crippen LogP) is 3.25. The minimum absolute atomic E-state index is 0.0308. The summed E-state index contributed by atoms with van der Waals surface area (Å²) in [6.45, 7) is 0. The fourth-order valence-corrected chi connectivity index (χ4v) is 2.99. The van der Waals surface area contributed by atoms with E-state index in [2.05, 4.69) is 20.8 Å². The number of hydrogen-bond acceptors (Lipinski definition) is 5. The second-order valence-corrected chi connectivity index (χ2v) is 6.66. The molecule has 1 N–H and O–H groups in total. The molecule has 0 radical (unpaired) electrons. The number of aromatic nitrogens is 4. The lowest BCUT2D eigenvalue weighted by Crippen LogP contribution is -2.12. The second kappa shape index (κ2) is 7.57.